The highest BCUT2D eigenvalue weighted by Crippen LogP contribution is 2.68. The first-order valence-electron chi connectivity index (χ1n) is 14.2. The number of aromatic nitrogens is 2. The molecule has 6 rings (SSSR count). The lowest BCUT2D eigenvalue weighted by atomic mass is 9.66. The van der Waals surface area contributed by atoms with Crippen LogP contribution in [0, 0.1) is 22.7 Å². The molecule has 3 aliphatic carbocycles. The molecular weight excluding hydrogens is 496 g/mol. The Morgan fingerprint density at radius 2 is 1.97 bits per heavy atom. The second kappa shape index (κ2) is 9.33. The number of rotatable bonds is 7. The van der Waals surface area contributed by atoms with E-state index in [4.69, 9.17) is 0 Å². The van der Waals surface area contributed by atoms with Gasteiger partial charge in [-0.15, -0.1) is 0 Å². The number of sulfonamides is 1. The Morgan fingerprint density at radius 3 is 2.71 bits per heavy atom. The van der Waals surface area contributed by atoms with Crippen LogP contribution in [0.25, 0.3) is 6.08 Å². The number of piperidine rings is 1. The predicted molar refractivity (Wildman–Crippen MR) is 149 cm³/mol. The van der Waals surface area contributed by atoms with Crippen molar-refractivity contribution in [2.75, 3.05) is 25.4 Å². The van der Waals surface area contributed by atoms with Crippen LogP contribution in [0.3, 0.4) is 0 Å². The van der Waals surface area contributed by atoms with Gasteiger partial charge in [0.25, 0.3) is 0 Å². The summed E-state index contributed by atoms with van der Waals surface area (Å²) < 4.78 is 29.8. The van der Waals surface area contributed by atoms with Crippen molar-refractivity contribution in [2.45, 2.75) is 64.2 Å². The predicted octanol–water partition coefficient (Wildman–Crippen LogP) is 4.29. The Hall–Kier alpha value is -2.45. The van der Waals surface area contributed by atoms with Gasteiger partial charge in [0.1, 0.15) is 0 Å². The summed E-state index contributed by atoms with van der Waals surface area (Å²) in [6, 6.07) is 8.73. The number of carbonyl (C=O) groups is 1. The van der Waals surface area contributed by atoms with Gasteiger partial charge in [0, 0.05) is 25.7 Å². The number of nitrogens with one attached hydrogen (secondary N) is 2. The third-order valence-corrected chi connectivity index (χ3v) is 13.1. The first-order valence-corrected chi connectivity index (χ1v) is 15.8. The SMILES string of the molecule is CC1(C)C2CCC1(CS(=O)(=O)N1CCC3(CCc4ccccc43)CC1)C(CNC(=O)/C=C/c1cnc[nH]1)C2. The van der Waals surface area contributed by atoms with Crippen molar-refractivity contribution in [3.05, 3.63) is 59.7 Å². The Bertz CT molecular complexity index is 1320. The molecule has 1 aromatic carbocycles. The zero-order valence-corrected chi connectivity index (χ0v) is 23.4. The molecule has 1 spiro atoms. The van der Waals surface area contributed by atoms with E-state index < -0.39 is 10.0 Å². The summed E-state index contributed by atoms with van der Waals surface area (Å²) in [7, 11) is -3.42. The molecule has 1 aliphatic heterocycles. The largest absolute Gasteiger partial charge is 0.352 e. The fraction of sp³-hybridized carbons (Fsp3) is 0.600. The number of fused-ring (bicyclic) bond motifs is 4. The summed E-state index contributed by atoms with van der Waals surface area (Å²) >= 11 is 0. The molecular formula is C30H40N4O3S. The monoisotopic (exact) mass is 536 g/mol. The van der Waals surface area contributed by atoms with Gasteiger partial charge in [0.2, 0.25) is 15.9 Å². The molecule has 8 heteroatoms. The van der Waals surface area contributed by atoms with E-state index in [9.17, 15) is 13.2 Å². The molecule has 0 radical (unpaired) electrons. The minimum Gasteiger partial charge on any atom is -0.352 e. The number of hydrogen-bond acceptors (Lipinski definition) is 4. The summed E-state index contributed by atoms with van der Waals surface area (Å²) in [6.45, 7) is 6.26. The molecule has 1 saturated heterocycles. The van der Waals surface area contributed by atoms with E-state index in [1.807, 2.05) is 0 Å². The van der Waals surface area contributed by atoms with Crippen LogP contribution in [0.1, 0.15) is 69.2 Å². The van der Waals surface area contributed by atoms with E-state index in [1.165, 1.54) is 17.2 Å². The van der Waals surface area contributed by atoms with E-state index in [-0.39, 0.29) is 33.8 Å². The first-order chi connectivity index (χ1) is 18.2. The van der Waals surface area contributed by atoms with Crippen molar-refractivity contribution in [2.24, 2.45) is 22.7 Å². The molecule has 2 bridgehead atoms. The maximum atomic E-state index is 14.0. The minimum absolute atomic E-state index is 0.0668. The van der Waals surface area contributed by atoms with E-state index in [2.05, 4.69) is 53.4 Å². The lowest BCUT2D eigenvalue weighted by Gasteiger charge is -2.45. The molecule has 1 aromatic heterocycles. The molecule has 3 atom stereocenters. The van der Waals surface area contributed by atoms with Gasteiger partial charge in [-0.1, -0.05) is 38.1 Å². The molecule has 3 unspecified atom stereocenters. The van der Waals surface area contributed by atoms with E-state index in [0.717, 1.165) is 50.6 Å². The number of imidazole rings is 1. The first kappa shape index (κ1) is 25.8. The third kappa shape index (κ3) is 4.15. The number of amides is 1. The van der Waals surface area contributed by atoms with Crippen molar-refractivity contribution in [3.63, 3.8) is 0 Å². The van der Waals surface area contributed by atoms with E-state index >= 15 is 0 Å². The van der Waals surface area contributed by atoms with Crippen LogP contribution in [0.4, 0.5) is 0 Å². The van der Waals surface area contributed by atoms with Crippen molar-refractivity contribution < 1.29 is 13.2 Å². The quantitative estimate of drug-likeness (QED) is 0.516. The lowest BCUT2D eigenvalue weighted by molar-refractivity contribution is -0.116. The highest BCUT2D eigenvalue weighted by Gasteiger charge is 2.65. The van der Waals surface area contributed by atoms with Gasteiger partial charge in [-0.25, -0.2) is 17.7 Å². The van der Waals surface area contributed by atoms with Crippen molar-refractivity contribution in [3.8, 4) is 0 Å². The van der Waals surface area contributed by atoms with E-state index in [0.29, 0.717) is 25.6 Å². The van der Waals surface area contributed by atoms with Crippen molar-refractivity contribution in [1.29, 1.82) is 0 Å². The number of H-pyrrole nitrogens is 1. The molecule has 2 heterocycles. The molecule has 4 aliphatic rings. The zero-order chi connectivity index (χ0) is 26.6. The summed E-state index contributed by atoms with van der Waals surface area (Å²) in [4.78, 5) is 19.5. The second-order valence-corrected chi connectivity index (χ2v) is 14.7. The maximum Gasteiger partial charge on any atom is 0.244 e. The van der Waals surface area contributed by atoms with Crippen molar-refractivity contribution >= 4 is 22.0 Å². The Kier molecular flexibility index (Phi) is 6.34. The molecule has 2 aromatic rings. The summed E-state index contributed by atoms with van der Waals surface area (Å²) in [5, 5.41) is 3.07. The zero-order valence-electron chi connectivity index (χ0n) is 22.6. The summed E-state index contributed by atoms with van der Waals surface area (Å²) in [6.07, 6.45) is 13.5. The van der Waals surface area contributed by atoms with Crippen LogP contribution < -0.4 is 5.32 Å². The van der Waals surface area contributed by atoms with Gasteiger partial charge in [-0.3, -0.25) is 4.79 Å². The highest BCUT2D eigenvalue weighted by atomic mass is 32.2. The fourth-order valence-electron chi connectivity index (χ4n) is 8.59. The number of carbonyl (C=O) groups excluding carboxylic acids is 1. The van der Waals surface area contributed by atoms with Gasteiger partial charge < -0.3 is 10.3 Å². The van der Waals surface area contributed by atoms with Gasteiger partial charge in [0.05, 0.1) is 24.0 Å². The van der Waals surface area contributed by atoms with Crippen LogP contribution in [-0.4, -0.2) is 54.0 Å². The number of nitrogens with zero attached hydrogens (tertiary/aromatic N) is 2. The Morgan fingerprint density at radius 1 is 1.18 bits per heavy atom. The molecule has 204 valence electrons. The summed E-state index contributed by atoms with van der Waals surface area (Å²) in [5.41, 5.74) is 3.42. The number of hydrogen-bond donors (Lipinski definition) is 2. The van der Waals surface area contributed by atoms with Crippen LogP contribution >= 0.6 is 0 Å². The standard InChI is InChI=1S/C30H40N4O3S/c1-28(2)23-10-12-30(28,24(17-23)18-32-27(35)8-7-25-19-31-21-33-25)20-38(36,37)34-15-13-29(14-16-34)11-9-22-5-3-4-6-26(22)29/h3-8,19,21,23-24H,9-18,20H2,1-2H3,(H,31,33)(H,32,35)/b8-7+. The van der Waals surface area contributed by atoms with Gasteiger partial charge in [-0.05, 0) is 90.2 Å². The minimum atomic E-state index is -3.42. The topological polar surface area (TPSA) is 95.2 Å². The van der Waals surface area contributed by atoms with E-state index in [1.54, 1.807) is 22.9 Å². The molecule has 38 heavy (non-hydrogen) atoms. The van der Waals surface area contributed by atoms with Crippen LogP contribution in [0.15, 0.2) is 42.9 Å². The van der Waals surface area contributed by atoms with Crippen molar-refractivity contribution in [1.82, 2.24) is 19.6 Å². The van der Waals surface area contributed by atoms with Gasteiger partial charge in [-0.2, -0.15) is 0 Å². The smallest absolute Gasteiger partial charge is 0.244 e. The summed E-state index contributed by atoms with van der Waals surface area (Å²) in [5.74, 6) is 0.696. The maximum absolute atomic E-state index is 14.0. The molecule has 7 nitrogen and oxygen atoms in total. The number of aryl methyl sites for hydroxylation is 1. The van der Waals surface area contributed by atoms with Crippen LogP contribution in [0.5, 0.6) is 0 Å². The Balaban J connectivity index is 1.14. The van der Waals surface area contributed by atoms with Crippen LogP contribution in [0.2, 0.25) is 0 Å². The van der Waals surface area contributed by atoms with Gasteiger partial charge >= 0.3 is 0 Å². The lowest BCUT2D eigenvalue weighted by Crippen LogP contribution is -2.51. The molecule has 3 fully saturated rings. The molecule has 1 amide bonds. The third-order valence-electron chi connectivity index (χ3n) is 11.0. The fourth-order valence-corrected chi connectivity index (χ4v) is 10.9. The van der Waals surface area contributed by atoms with Gasteiger partial charge in [0.15, 0.2) is 0 Å². The second-order valence-electron chi connectivity index (χ2n) is 12.7. The average Bonchev–Trinajstić information content (AvgIpc) is 3.64. The number of aromatic amines is 1. The Labute approximate surface area is 226 Å². The molecule has 2 saturated carbocycles. The normalized spacial score (nSPS) is 29.7. The van der Waals surface area contributed by atoms with Crippen LogP contribution in [-0.2, 0) is 26.7 Å². The number of benzene rings is 1. The molecule has 2 N–H and O–H groups in total. The highest BCUT2D eigenvalue weighted by molar-refractivity contribution is 7.89. The average molecular weight is 537 g/mol.